The highest BCUT2D eigenvalue weighted by Crippen LogP contribution is 2.33. The predicted octanol–water partition coefficient (Wildman–Crippen LogP) is 2.11. The summed E-state index contributed by atoms with van der Waals surface area (Å²) in [7, 11) is 0. The number of carbonyl (C=O) groups excluding carboxylic acids is 2. The first-order valence-corrected chi connectivity index (χ1v) is 7.24. The largest absolute Gasteiger partial charge is 0.344 e. The molecule has 0 spiro atoms. The van der Waals surface area contributed by atoms with E-state index in [-0.39, 0.29) is 16.1 Å². The molecule has 1 atom stereocenters. The number of rotatable bonds is 2. The van der Waals surface area contributed by atoms with Crippen LogP contribution in [0.5, 0.6) is 0 Å². The van der Waals surface area contributed by atoms with Crippen LogP contribution in [-0.2, 0) is 9.59 Å². The van der Waals surface area contributed by atoms with Crippen LogP contribution in [0.15, 0.2) is 6.07 Å². The third-order valence-electron chi connectivity index (χ3n) is 2.76. The van der Waals surface area contributed by atoms with E-state index in [1.807, 2.05) is 0 Å². The lowest BCUT2D eigenvalue weighted by Crippen LogP contribution is -2.54. The second kappa shape index (κ2) is 6.21. The summed E-state index contributed by atoms with van der Waals surface area (Å²) >= 11 is 5.68. The van der Waals surface area contributed by atoms with Crippen LogP contribution in [0.1, 0.15) is 6.92 Å². The molecule has 0 radical (unpaired) electrons. The number of hydrogen-bond acceptors (Lipinski definition) is 4. The fraction of sp³-hybridized carbons (Fsp3) is 0.250. The van der Waals surface area contributed by atoms with E-state index < -0.39 is 46.8 Å². The van der Waals surface area contributed by atoms with Gasteiger partial charge in [-0.2, -0.15) is 0 Å². The van der Waals surface area contributed by atoms with Crippen molar-refractivity contribution in [3.05, 3.63) is 29.3 Å². The van der Waals surface area contributed by atoms with Gasteiger partial charge in [0, 0.05) is 18.7 Å². The molecule has 1 N–H and O–H groups in total. The average Bonchev–Trinajstić information content (AvgIpc) is 2.43. The van der Waals surface area contributed by atoms with Crippen molar-refractivity contribution in [2.45, 2.75) is 13.0 Å². The SMILES string of the molecule is CC(=O)NC1CSC(=S)N(c2c(F)c(F)cc(F)c2F)C1=O. The van der Waals surface area contributed by atoms with Crippen molar-refractivity contribution in [1.82, 2.24) is 5.32 Å². The lowest BCUT2D eigenvalue weighted by Gasteiger charge is -2.32. The number of benzene rings is 1. The molecule has 4 nitrogen and oxygen atoms in total. The van der Waals surface area contributed by atoms with Crippen LogP contribution in [-0.4, -0.2) is 27.9 Å². The fourth-order valence-corrected chi connectivity index (χ4v) is 3.07. The number of thiocarbonyl (C=S) groups is 1. The van der Waals surface area contributed by atoms with Crippen molar-refractivity contribution in [3.8, 4) is 0 Å². The minimum Gasteiger partial charge on any atom is -0.344 e. The molecule has 1 heterocycles. The molecule has 1 aliphatic rings. The number of amides is 2. The summed E-state index contributed by atoms with van der Waals surface area (Å²) in [4.78, 5) is 23.6. The number of nitrogens with one attached hydrogen (secondary N) is 1. The van der Waals surface area contributed by atoms with Crippen molar-refractivity contribution in [3.63, 3.8) is 0 Å². The highest BCUT2D eigenvalue weighted by molar-refractivity contribution is 8.23. The summed E-state index contributed by atoms with van der Waals surface area (Å²) in [5.74, 6) is -8.25. The van der Waals surface area contributed by atoms with Crippen LogP contribution < -0.4 is 10.2 Å². The van der Waals surface area contributed by atoms with Gasteiger partial charge in [0.25, 0.3) is 5.91 Å². The number of thioether (sulfide) groups is 1. The normalized spacial score (nSPS) is 18.6. The number of halogens is 4. The van der Waals surface area contributed by atoms with E-state index in [1.165, 1.54) is 0 Å². The Hall–Kier alpha value is -1.68. The molecule has 0 bridgehead atoms. The van der Waals surface area contributed by atoms with E-state index in [0.717, 1.165) is 18.7 Å². The van der Waals surface area contributed by atoms with Gasteiger partial charge in [0.1, 0.15) is 16.0 Å². The van der Waals surface area contributed by atoms with Crippen molar-refractivity contribution in [2.24, 2.45) is 0 Å². The molecule has 1 aliphatic heterocycles. The van der Waals surface area contributed by atoms with Gasteiger partial charge in [-0.05, 0) is 0 Å². The quantitative estimate of drug-likeness (QED) is 0.503. The second-order valence-electron chi connectivity index (χ2n) is 4.32. The Bertz CT molecular complexity index is 657. The molecule has 22 heavy (non-hydrogen) atoms. The minimum absolute atomic E-state index is 0.0318. The van der Waals surface area contributed by atoms with Crippen molar-refractivity contribution in [2.75, 3.05) is 10.7 Å². The van der Waals surface area contributed by atoms with Gasteiger partial charge in [-0.3, -0.25) is 14.5 Å². The van der Waals surface area contributed by atoms with Gasteiger partial charge in [0.05, 0.1) is 0 Å². The molecular formula is C12H8F4N2O2S2. The van der Waals surface area contributed by atoms with Crippen LogP contribution >= 0.6 is 24.0 Å². The molecule has 1 aromatic rings. The van der Waals surface area contributed by atoms with Crippen LogP contribution in [0.2, 0.25) is 0 Å². The van der Waals surface area contributed by atoms with Gasteiger partial charge in [0.2, 0.25) is 5.91 Å². The van der Waals surface area contributed by atoms with Gasteiger partial charge in [0.15, 0.2) is 23.3 Å². The van der Waals surface area contributed by atoms with Crippen molar-refractivity contribution >= 4 is 45.8 Å². The number of carbonyl (C=O) groups is 2. The maximum Gasteiger partial charge on any atom is 0.256 e. The molecular weight excluding hydrogens is 344 g/mol. The summed E-state index contributed by atoms with van der Waals surface area (Å²) in [5, 5.41) is 2.28. The molecule has 1 fully saturated rings. The topological polar surface area (TPSA) is 49.4 Å². The van der Waals surface area contributed by atoms with Gasteiger partial charge < -0.3 is 5.32 Å². The average molecular weight is 352 g/mol. The highest BCUT2D eigenvalue weighted by atomic mass is 32.2. The van der Waals surface area contributed by atoms with E-state index in [1.54, 1.807) is 0 Å². The molecule has 1 aromatic carbocycles. The Kier molecular flexibility index (Phi) is 4.71. The third-order valence-corrected chi connectivity index (χ3v) is 4.23. The maximum atomic E-state index is 13.8. The Balaban J connectivity index is 2.52. The first kappa shape index (κ1) is 16.7. The van der Waals surface area contributed by atoms with E-state index in [2.05, 4.69) is 5.32 Å². The lowest BCUT2D eigenvalue weighted by atomic mass is 10.2. The maximum absolute atomic E-state index is 13.8. The number of anilines is 1. The van der Waals surface area contributed by atoms with Crippen LogP contribution in [0.3, 0.4) is 0 Å². The van der Waals surface area contributed by atoms with E-state index in [4.69, 9.17) is 12.2 Å². The molecule has 1 saturated heterocycles. The summed E-state index contributed by atoms with van der Waals surface area (Å²) in [5.41, 5.74) is -1.23. The van der Waals surface area contributed by atoms with Gasteiger partial charge in [-0.25, -0.2) is 17.6 Å². The Morgan fingerprint density at radius 3 is 2.36 bits per heavy atom. The first-order chi connectivity index (χ1) is 10.2. The summed E-state index contributed by atoms with van der Waals surface area (Å²) in [6.45, 7) is 1.15. The van der Waals surface area contributed by atoms with E-state index in [9.17, 15) is 27.2 Å². The Labute approximate surface area is 131 Å². The molecule has 1 unspecified atom stereocenters. The van der Waals surface area contributed by atoms with Crippen LogP contribution in [0.4, 0.5) is 23.2 Å². The highest BCUT2D eigenvalue weighted by Gasteiger charge is 2.38. The van der Waals surface area contributed by atoms with Gasteiger partial charge >= 0.3 is 0 Å². The summed E-state index contributed by atoms with van der Waals surface area (Å²) < 4.78 is 54.0. The zero-order chi connectivity index (χ0) is 16.6. The summed E-state index contributed by atoms with van der Waals surface area (Å²) in [6.07, 6.45) is 0. The Morgan fingerprint density at radius 2 is 1.86 bits per heavy atom. The molecule has 10 heteroatoms. The zero-order valence-electron chi connectivity index (χ0n) is 11.0. The molecule has 0 aromatic heterocycles. The van der Waals surface area contributed by atoms with Gasteiger partial charge in [-0.15, -0.1) is 0 Å². The van der Waals surface area contributed by atoms with E-state index in [0.29, 0.717) is 4.90 Å². The van der Waals surface area contributed by atoms with Gasteiger partial charge in [-0.1, -0.05) is 24.0 Å². The fourth-order valence-electron chi connectivity index (χ4n) is 1.84. The number of nitrogens with zero attached hydrogens (tertiary/aromatic N) is 1. The molecule has 0 saturated carbocycles. The molecule has 2 amide bonds. The van der Waals surface area contributed by atoms with Crippen LogP contribution in [0.25, 0.3) is 0 Å². The van der Waals surface area contributed by atoms with Crippen molar-refractivity contribution in [1.29, 1.82) is 0 Å². The van der Waals surface area contributed by atoms with Crippen molar-refractivity contribution < 1.29 is 27.2 Å². The minimum atomic E-state index is -1.74. The smallest absolute Gasteiger partial charge is 0.256 e. The predicted molar refractivity (Wildman–Crippen MR) is 76.4 cm³/mol. The lowest BCUT2D eigenvalue weighted by molar-refractivity contribution is -0.125. The molecule has 0 aliphatic carbocycles. The second-order valence-corrected chi connectivity index (χ2v) is 5.97. The summed E-state index contributed by atoms with van der Waals surface area (Å²) in [6, 6.07) is -1.08. The monoisotopic (exact) mass is 352 g/mol. The standard InChI is InChI=1S/C12H8F4N2O2S2/c1-4(19)17-7-3-22-12(21)18(11(7)20)10-8(15)5(13)2-6(14)9(10)16/h2,7H,3H2,1H3,(H,17,19). The van der Waals surface area contributed by atoms with Crippen LogP contribution in [0, 0.1) is 23.3 Å². The molecule has 118 valence electrons. The third kappa shape index (κ3) is 2.93. The van der Waals surface area contributed by atoms with E-state index >= 15 is 0 Å². The Morgan fingerprint density at radius 1 is 1.32 bits per heavy atom. The first-order valence-electron chi connectivity index (χ1n) is 5.84. The number of hydrogen-bond donors (Lipinski definition) is 1. The molecule has 2 rings (SSSR count). The zero-order valence-corrected chi connectivity index (χ0v) is 12.6.